The lowest BCUT2D eigenvalue weighted by Crippen LogP contribution is -2.38. The third-order valence-corrected chi connectivity index (χ3v) is 4.82. The number of nitrogens with zero attached hydrogens (tertiary/aromatic N) is 3. The van der Waals surface area contributed by atoms with Crippen molar-refractivity contribution >= 4 is 16.6 Å². The quantitative estimate of drug-likeness (QED) is 0.590. The molecule has 2 N–H and O–H groups in total. The van der Waals surface area contributed by atoms with E-state index in [9.17, 15) is 4.39 Å². The summed E-state index contributed by atoms with van der Waals surface area (Å²) in [6.07, 6.45) is 1.36. The van der Waals surface area contributed by atoms with Crippen LogP contribution < -0.4 is 19.9 Å². The van der Waals surface area contributed by atoms with Crippen LogP contribution in [0.3, 0.4) is 0 Å². The maximum atomic E-state index is 14.1. The number of ether oxygens (including phenoxy) is 4. The van der Waals surface area contributed by atoms with Crippen molar-refractivity contribution in [3.8, 4) is 23.1 Å². The van der Waals surface area contributed by atoms with Gasteiger partial charge in [0.15, 0.2) is 23.1 Å². The highest BCUT2D eigenvalue weighted by atomic mass is 19.1. The molecule has 9 heteroatoms. The van der Waals surface area contributed by atoms with E-state index >= 15 is 0 Å². The van der Waals surface area contributed by atoms with Crippen LogP contribution in [-0.2, 0) is 4.74 Å². The number of hydrogen-bond donors (Lipinski definition) is 1. The number of rotatable bonds is 7. The molecule has 158 valence electrons. The minimum absolute atomic E-state index is 0.0222. The van der Waals surface area contributed by atoms with Gasteiger partial charge in [0.25, 0.3) is 0 Å². The van der Waals surface area contributed by atoms with Crippen molar-refractivity contribution in [1.82, 2.24) is 14.9 Å². The summed E-state index contributed by atoms with van der Waals surface area (Å²) in [4.78, 5) is 10.7. The predicted octanol–water partition coefficient (Wildman–Crippen LogP) is 2.86. The van der Waals surface area contributed by atoms with Gasteiger partial charge in [0.1, 0.15) is 12.9 Å². The van der Waals surface area contributed by atoms with Crippen LogP contribution in [0.15, 0.2) is 36.7 Å². The molecule has 4 rings (SSSR count). The summed E-state index contributed by atoms with van der Waals surface area (Å²) < 4.78 is 36.6. The van der Waals surface area contributed by atoms with Gasteiger partial charge in [-0.3, -0.25) is 4.90 Å². The lowest BCUT2D eigenvalue weighted by molar-refractivity contribution is 0.0321. The van der Waals surface area contributed by atoms with E-state index in [1.54, 1.807) is 25.3 Å². The third kappa shape index (κ3) is 4.52. The van der Waals surface area contributed by atoms with Gasteiger partial charge >= 0.3 is 0 Å². The molecule has 1 aliphatic heterocycles. The fourth-order valence-electron chi connectivity index (χ4n) is 3.21. The lowest BCUT2D eigenvalue weighted by atomic mass is 10.2. The molecular formula is C21H23FN4O4. The van der Waals surface area contributed by atoms with Gasteiger partial charge in [-0.15, -0.1) is 0 Å². The molecular weight excluding hydrogens is 391 g/mol. The summed E-state index contributed by atoms with van der Waals surface area (Å²) in [5.74, 6) is 0.746. The van der Waals surface area contributed by atoms with E-state index in [0.29, 0.717) is 34.7 Å². The SMILES string of the molecule is COc1cc2c(Oc3ccc(N)cc3F)ncnc2cc1OCCN1CCOCC1. The second-order valence-corrected chi connectivity index (χ2v) is 6.79. The Morgan fingerprint density at radius 2 is 1.93 bits per heavy atom. The Labute approximate surface area is 173 Å². The van der Waals surface area contributed by atoms with E-state index in [2.05, 4.69) is 14.9 Å². The van der Waals surface area contributed by atoms with E-state index in [-0.39, 0.29) is 11.6 Å². The van der Waals surface area contributed by atoms with Crippen molar-refractivity contribution in [2.45, 2.75) is 0 Å². The van der Waals surface area contributed by atoms with Crippen LogP contribution in [-0.4, -0.2) is 61.4 Å². The van der Waals surface area contributed by atoms with Crippen molar-refractivity contribution in [3.63, 3.8) is 0 Å². The third-order valence-electron chi connectivity index (χ3n) is 4.82. The second kappa shape index (κ2) is 9.10. The van der Waals surface area contributed by atoms with Crippen molar-refractivity contribution < 1.29 is 23.3 Å². The maximum absolute atomic E-state index is 14.1. The van der Waals surface area contributed by atoms with Gasteiger partial charge in [-0.1, -0.05) is 0 Å². The molecule has 8 nitrogen and oxygen atoms in total. The summed E-state index contributed by atoms with van der Waals surface area (Å²) >= 11 is 0. The first-order valence-electron chi connectivity index (χ1n) is 9.62. The zero-order chi connectivity index (χ0) is 20.9. The van der Waals surface area contributed by atoms with Crippen LogP contribution in [0.5, 0.6) is 23.1 Å². The Bertz CT molecular complexity index is 1030. The van der Waals surface area contributed by atoms with Crippen LogP contribution >= 0.6 is 0 Å². The first-order valence-corrected chi connectivity index (χ1v) is 9.62. The standard InChI is InChI=1S/C21H23FN4O4/c1-27-19-11-15-17(12-20(19)29-9-6-26-4-7-28-8-5-26)24-13-25-21(15)30-18-3-2-14(23)10-16(18)22/h2-3,10-13H,4-9,23H2,1H3. The van der Waals surface area contributed by atoms with Crippen LogP contribution in [0.4, 0.5) is 10.1 Å². The average Bonchev–Trinajstić information content (AvgIpc) is 2.76. The number of halogens is 1. The Hall–Kier alpha value is -3.17. The molecule has 1 aliphatic rings. The lowest BCUT2D eigenvalue weighted by Gasteiger charge is -2.26. The Kier molecular flexibility index (Phi) is 6.10. The van der Waals surface area contributed by atoms with Gasteiger partial charge in [0.2, 0.25) is 5.88 Å². The van der Waals surface area contributed by atoms with Gasteiger partial charge in [-0.25, -0.2) is 14.4 Å². The van der Waals surface area contributed by atoms with Crippen LogP contribution in [0.1, 0.15) is 0 Å². The van der Waals surface area contributed by atoms with E-state index in [1.807, 2.05) is 0 Å². The van der Waals surface area contributed by atoms with Crippen molar-refractivity contribution in [1.29, 1.82) is 0 Å². The monoisotopic (exact) mass is 414 g/mol. The first-order chi connectivity index (χ1) is 14.6. The van der Waals surface area contributed by atoms with E-state index in [0.717, 1.165) is 32.8 Å². The molecule has 2 heterocycles. The summed E-state index contributed by atoms with van der Waals surface area (Å²) in [7, 11) is 1.56. The van der Waals surface area contributed by atoms with Crippen LogP contribution in [0, 0.1) is 5.82 Å². The van der Waals surface area contributed by atoms with E-state index in [4.69, 9.17) is 24.7 Å². The fourth-order valence-corrected chi connectivity index (χ4v) is 3.21. The van der Waals surface area contributed by atoms with Gasteiger partial charge in [-0.05, 0) is 18.2 Å². The molecule has 1 fully saturated rings. The van der Waals surface area contributed by atoms with Gasteiger partial charge in [-0.2, -0.15) is 0 Å². The molecule has 0 amide bonds. The van der Waals surface area contributed by atoms with E-state index < -0.39 is 5.82 Å². The number of aromatic nitrogens is 2. The highest BCUT2D eigenvalue weighted by Crippen LogP contribution is 2.36. The molecule has 0 radical (unpaired) electrons. The van der Waals surface area contributed by atoms with Gasteiger partial charge < -0.3 is 24.7 Å². The smallest absolute Gasteiger partial charge is 0.230 e. The molecule has 2 aromatic carbocycles. The van der Waals surface area contributed by atoms with Crippen LogP contribution in [0.2, 0.25) is 0 Å². The summed E-state index contributed by atoms with van der Waals surface area (Å²) in [6, 6.07) is 7.70. The molecule has 0 bridgehead atoms. The van der Waals surface area contributed by atoms with Gasteiger partial charge in [0, 0.05) is 37.5 Å². The number of methoxy groups -OCH3 is 1. The predicted molar refractivity (Wildman–Crippen MR) is 110 cm³/mol. The largest absolute Gasteiger partial charge is 0.493 e. The number of anilines is 1. The van der Waals surface area contributed by atoms with Crippen molar-refractivity contribution in [3.05, 3.63) is 42.5 Å². The topological polar surface area (TPSA) is 92.0 Å². The minimum Gasteiger partial charge on any atom is -0.493 e. The van der Waals surface area contributed by atoms with Crippen LogP contribution in [0.25, 0.3) is 10.9 Å². The Morgan fingerprint density at radius 3 is 2.70 bits per heavy atom. The normalized spacial score (nSPS) is 14.6. The second-order valence-electron chi connectivity index (χ2n) is 6.79. The molecule has 0 saturated carbocycles. The molecule has 1 aromatic heterocycles. The molecule has 3 aromatic rings. The molecule has 0 unspecified atom stereocenters. The zero-order valence-electron chi connectivity index (χ0n) is 16.6. The molecule has 1 saturated heterocycles. The number of nitrogens with two attached hydrogens (primary N) is 1. The highest BCUT2D eigenvalue weighted by molar-refractivity contribution is 5.87. The summed E-state index contributed by atoms with van der Waals surface area (Å²) in [5.41, 5.74) is 6.50. The number of morpholine rings is 1. The highest BCUT2D eigenvalue weighted by Gasteiger charge is 2.15. The molecule has 30 heavy (non-hydrogen) atoms. The first kappa shape index (κ1) is 20.1. The maximum Gasteiger partial charge on any atom is 0.230 e. The summed E-state index contributed by atoms with van der Waals surface area (Å²) in [5, 5.41) is 0.575. The Balaban J connectivity index is 1.55. The van der Waals surface area contributed by atoms with Gasteiger partial charge in [0.05, 0.1) is 31.2 Å². The fraction of sp³-hybridized carbons (Fsp3) is 0.333. The molecule has 0 atom stereocenters. The zero-order valence-corrected chi connectivity index (χ0v) is 16.6. The summed E-state index contributed by atoms with van der Waals surface area (Å²) in [6.45, 7) is 4.58. The number of benzene rings is 2. The number of nitrogen functional groups attached to an aromatic ring is 1. The van der Waals surface area contributed by atoms with Crippen molar-refractivity contribution in [2.24, 2.45) is 0 Å². The van der Waals surface area contributed by atoms with Crippen molar-refractivity contribution in [2.75, 3.05) is 52.3 Å². The molecule has 0 aliphatic carbocycles. The average molecular weight is 414 g/mol. The number of fused-ring (bicyclic) bond motifs is 1. The number of hydrogen-bond acceptors (Lipinski definition) is 8. The minimum atomic E-state index is -0.572. The Morgan fingerprint density at radius 1 is 1.10 bits per heavy atom. The van der Waals surface area contributed by atoms with E-state index in [1.165, 1.54) is 18.5 Å². The molecule has 0 spiro atoms.